The van der Waals surface area contributed by atoms with Crippen molar-refractivity contribution in [2.45, 2.75) is 6.61 Å². The number of hydrogen-bond donors (Lipinski definition) is 1. The Bertz CT molecular complexity index is 824. The molecule has 2 rings (SSSR count). The summed E-state index contributed by atoms with van der Waals surface area (Å²) in [5, 5.41) is 3.88. The van der Waals surface area contributed by atoms with Crippen molar-refractivity contribution in [3.63, 3.8) is 0 Å². The topological polar surface area (TPSA) is 89.5 Å². The van der Waals surface area contributed by atoms with Crippen LogP contribution in [0.2, 0.25) is 0 Å². The second-order valence-electron chi connectivity index (χ2n) is 5.80. The highest BCUT2D eigenvalue weighted by molar-refractivity contribution is 5.85. The van der Waals surface area contributed by atoms with E-state index in [1.54, 1.807) is 25.3 Å². The molecule has 0 saturated carbocycles. The Balaban J connectivity index is 1.79. The molecule has 0 aliphatic rings. The minimum absolute atomic E-state index is 0.142. The highest BCUT2D eigenvalue weighted by Crippen LogP contribution is 2.26. The molecular weight excluding hydrogens is 362 g/mol. The summed E-state index contributed by atoms with van der Waals surface area (Å²) in [5.41, 5.74) is 3.95. The first-order valence-corrected chi connectivity index (χ1v) is 8.49. The Hall–Kier alpha value is -3.55. The maximum atomic E-state index is 11.9. The summed E-state index contributed by atoms with van der Waals surface area (Å²) in [7, 11) is 4.56. The molecule has 0 fully saturated rings. The summed E-state index contributed by atoms with van der Waals surface area (Å²) in [5.74, 6) is 0.703. The first kappa shape index (κ1) is 20.8. The van der Waals surface area contributed by atoms with Gasteiger partial charge in [-0.3, -0.25) is 4.79 Å². The summed E-state index contributed by atoms with van der Waals surface area (Å²) >= 11 is 0. The molecule has 0 radical (unpaired) electrons. The van der Waals surface area contributed by atoms with Crippen LogP contribution in [0, 0.1) is 0 Å². The van der Waals surface area contributed by atoms with Crippen molar-refractivity contribution in [1.82, 2.24) is 10.3 Å². The van der Waals surface area contributed by atoms with E-state index < -0.39 is 12.0 Å². The van der Waals surface area contributed by atoms with E-state index in [1.165, 1.54) is 25.3 Å². The fraction of sp³-hybridized carbons (Fsp3) is 0.250. The van der Waals surface area contributed by atoms with Crippen molar-refractivity contribution in [1.29, 1.82) is 0 Å². The number of nitrogens with one attached hydrogen (secondary N) is 1. The van der Waals surface area contributed by atoms with Gasteiger partial charge in [-0.25, -0.2) is 10.2 Å². The van der Waals surface area contributed by atoms with Crippen molar-refractivity contribution >= 4 is 18.2 Å². The number of carbonyl (C=O) groups excluding carboxylic acids is 2. The first-order chi connectivity index (χ1) is 13.5. The summed E-state index contributed by atoms with van der Waals surface area (Å²) in [6.45, 7) is -0.0417. The number of hydrazone groups is 1. The Morgan fingerprint density at radius 1 is 1.07 bits per heavy atom. The lowest BCUT2D eigenvalue weighted by atomic mass is 10.2. The van der Waals surface area contributed by atoms with Crippen LogP contribution in [0.1, 0.15) is 11.1 Å². The molecule has 0 atom stereocenters. The van der Waals surface area contributed by atoms with Crippen LogP contribution >= 0.6 is 0 Å². The molecule has 0 unspecified atom stereocenters. The van der Waals surface area contributed by atoms with Gasteiger partial charge in [-0.15, -0.1) is 0 Å². The van der Waals surface area contributed by atoms with E-state index in [2.05, 4.69) is 10.5 Å². The normalized spacial score (nSPS) is 10.4. The zero-order valence-electron chi connectivity index (χ0n) is 16.0. The summed E-state index contributed by atoms with van der Waals surface area (Å²) in [4.78, 5) is 25.0. The van der Waals surface area contributed by atoms with E-state index >= 15 is 0 Å². The Labute approximate surface area is 163 Å². The minimum Gasteiger partial charge on any atom is -0.493 e. The van der Waals surface area contributed by atoms with Crippen LogP contribution in [0.15, 0.2) is 53.6 Å². The molecule has 0 heterocycles. The molecule has 0 aliphatic carbocycles. The molecule has 148 valence electrons. The predicted octanol–water partition coefficient (Wildman–Crippen LogP) is 2.42. The van der Waals surface area contributed by atoms with E-state index in [0.717, 1.165) is 5.56 Å². The molecule has 2 amide bonds. The van der Waals surface area contributed by atoms with E-state index in [0.29, 0.717) is 17.1 Å². The number of carbonyl (C=O) groups is 2. The number of ether oxygens (including phenoxy) is 3. The molecule has 2 aromatic carbocycles. The highest BCUT2D eigenvalue weighted by atomic mass is 16.6. The Kier molecular flexibility index (Phi) is 7.83. The minimum atomic E-state index is -0.595. The van der Waals surface area contributed by atoms with Crippen molar-refractivity contribution in [3.05, 3.63) is 59.7 Å². The van der Waals surface area contributed by atoms with Gasteiger partial charge in [0.1, 0.15) is 13.2 Å². The fourth-order valence-corrected chi connectivity index (χ4v) is 2.26. The fourth-order valence-electron chi connectivity index (χ4n) is 2.26. The third kappa shape index (κ3) is 6.31. The molecule has 0 bridgehead atoms. The van der Waals surface area contributed by atoms with Crippen LogP contribution < -0.4 is 14.9 Å². The van der Waals surface area contributed by atoms with Crippen molar-refractivity contribution in [2.24, 2.45) is 5.10 Å². The largest absolute Gasteiger partial charge is 0.493 e. The second kappa shape index (κ2) is 10.6. The maximum Gasteiger partial charge on any atom is 0.410 e. The summed E-state index contributed by atoms with van der Waals surface area (Å²) in [6.07, 6.45) is 0.871. The van der Waals surface area contributed by atoms with Gasteiger partial charge in [0.15, 0.2) is 11.5 Å². The van der Waals surface area contributed by atoms with Crippen LogP contribution in [-0.2, 0) is 16.1 Å². The van der Waals surface area contributed by atoms with Crippen molar-refractivity contribution in [3.8, 4) is 11.5 Å². The summed E-state index contributed by atoms with van der Waals surface area (Å²) in [6, 6.07) is 14.5. The quantitative estimate of drug-likeness (QED) is 0.557. The van der Waals surface area contributed by atoms with Gasteiger partial charge in [-0.2, -0.15) is 5.10 Å². The van der Waals surface area contributed by atoms with Gasteiger partial charge in [0.05, 0.1) is 20.4 Å². The number of rotatable bonds is 8. The number of likely N-dealkylation sites (N-methyl/N-ethyl adjacent to an activating group) is 1. The third-order valence-electron chi connectivity index (χ3n) is 3.71. The van der Waals surface area contributed by atoms with Crippen LogP contribution in [0.5, 0.6) is 11.5 Å². The molecule has 8 heteroatoms. The molecule has 1 N–H and O–H groups in total. The average Bonchev–Trinajstić information content (AvgIpc) is 2.72. The molecule has 0 aromatic heterocycles. The van der Waals surface area contributed by atoms with Gasteiger partial charge in [-0.05, 0) is 29.3 Å². The predicted molar refractivity (Wildman–Crippen MR) is 105 cm³/mol. The number of benzene rings is 2. The SMILES string of the molecule is COc1ccc(/C=N\NC(=O)CN(C)C(=O)OCc2ccccc2)cc1OC. The smallest absolute Gasteiger partial charge is 0.410 e. The standard InChI is InChI=1S/C20H23N3O5/c1-23(20(25)28-14-15-7-5-4-6-8-15)13-19(24)22-21-12-16-9-10-17(26-2)18(11-16)27-3/h4-12H,13-14H2,1-3H3,(H,22,24)/b21-12-. The van der Waals surface area contributed by atoms with E-state index in [-0.39, 0.29) is 13.2 Å². The van der Waals surface area contributed by atoms with Crippen molar-refractivity contribution in [2.75, 3.05) is 27.8 Å². The number of nitrogens with zero attached hydrogens (tertiary/aromatic N) is 2. The van der Waals surface area contributed by atoms with E-state index in [9.17, 15) is 9.59 Å². The number of amides is 2. The van der Waals surface area contributed by atoms with Crippen LogP contribution in [0.3, 0.4) is 0 Å². The first-order valence-electron chi connectivity index (χ1n) is 8.49. The van der Waals surface area contributed by atoms with Gasteiger partial charge in [0.25, 0.3) is 5.91 Å². The van der Waals surface area contributed by atoms with E-state index in [1.807, 2.05) is 30.3 Å². The third-order valence-corrected chi connectivity index (χ3v) is 3.71. The lowest BCUT2D eigenvalue weighted by Gasteiger charge is -2.15. The van der Waals surface area contributed by atoms with Crippen LogP contribution in [0.4, 0.5) is 4.79 Å². The molecule has 0 spiro atoms. The molecular formula is C20H23N3O5. The Morgan fingerprint density at radius 2 is 1.79 bits per heavy atom. The molecule has 28 heavy (non-hydrogen) atoms. The van der Waals surface area contributed by atoms with E-state index in [4.69, 9.17) is 14.2 Å². The maximum absolute atomic E-state index is 11.9. The van der Waals surface area contributed by atoms with Gasteiger partial charge in [0.2, 0.25) is 0 Å². The number of methoxy groups -OCH3 is 2. The lowest BCUT2D eigenvalue weighted by Crippen LogP contribution is -2.36. The monoisotopic (exact) mass is 385 g/mol. The zero-order chi connectivity index (χ0) is 20.4. The highest BCUT2D eigenvalue weighted by Gasteiger charge is 2.14. The zero-order valence-corrected chi connectivity index (χ0v) is 16.0. The van der Waals surface area contributed by atoms with Gasteiger partial charge < -0.3 is 19.1 Å². The molecule has 8 nitrogen and oxygen atoms in total. The van der Waals surface area contributed by atoms with Crippen LogP contribution in [0.25, 0.3) is 0 Å². The lowest BCUT2D eigenvalue weighted by molar-refractivity contribution is -0.121. The molecule has 0 saturated heterocycles. The van der Waals surface area contributed by atoms with Gasteiger partial charge >= 0.3 is 6.09 Å². The van der Waals surface area contributed by atoms with Crippen molar-refractivity contribution < 1.29 is 23.8 Å². The summed E-state index contributed by atoms with van der Waals surface area (Å²) < 4.78 is 15.5. The van der Waals surface area contributed by atoms with Gasteiger partial charge in [-0.1, -0.05) is 30.3 Å². The Morgan fingerprint density at radius 3 is 2.46 bits per heavy atom. The van der Waals surface area contributed by atoms with Gasteiger partial charge in [0, 0.05) is 7.05 Å². The van der Waals surface area contributed by atoms with Crippen LogP contribution in [-0.4, -0.2) is 50.9 Å². The molecule has 0 aliphatic heterocycles. The average molecular weight is 385 g/mol. The second-order valence-corrected chi connectivity index (χ2v) is 5.80. The molecule has 2 aromatic rings. The number of hydrogen-bond acceptors (Lipinski definition) is 6.